The molecule has 3 unspecified atom stereocenters. The number of aliphatic hydroxyl groups is 2. The van der Waals surface area contributed by atoms with E-state index in [1.54, 1.807) is 0 Å². The highest BCUT2D eigenvalue weighted by Crippen LogP contribution is 2.17. The predicted molar refractivity (Wildman–Crippen MR) is 245 cm³/mol. The Labute approximate surface area is 353 Å². The van der Waals surface area contributed by atoms with Gasteiger partial charge in [-0.25, -0.2) is 0 Å². The predicted octanol–water partition coefficient (Wildman–Crippen LogP) is 14.3. The van der Waals surface area contributed by atoms with Crippen LogP contribution in [0.5, 0.6) is 0 Å². The third kappa shape index (κ3) is 40.4. The summed E-state index contributed by atoms with van der Waals surface area (Å²) in [7, 11) is 0. The van der Waals surface area contributed by atoms with Gasteiger partial charge in [0.25, 0.3) is 0 Å². The molecule has 0 aliphatic rings. The van der Waals surface area contributed by atoms with Crippen molar-refractivity contribution in [3.63, 3.8) is 0 Å². The van der Waals surface area contributed by atoms with Crippen LogP contribution in [0.15, 0.2) is 48.6 Å². The minimum absolute atomic E-state index is 0.0580. The van der Waals surface area contributed by atoms with Gasteiger partial charge in [0, 0.05) is 6.42 Å². The number of ether oxygens (including phenoxy) is 1. The van der Waals surface area contributed by atoms with Crippen molar-refractivity contribution in [2.75, 3.05) is 6.61 Å². The SMILES string of the molecule is CCCC/C=C\CCCCCC(CC(=O)NC(CO)C(O)CCCCCCCCCCCCC)OC(=O)CCCCCCC/C=C/C=C/C=C/CCCCCCC. The van der Waals surface area contributed by atoms with Gasteiger partial charge in [0.2, 0.25) is 5.91 Å². The van der Waals surface area contributed by atoms with Gasteiger partial charge in [-0.15, -0.1) is 0 Å². The molecule has 1 amide bonds. The molecule has 0 spiro atoms. The summed E-state index contributed by atoms with van der Waals surface area (Å²) in [6.45, 7) is 6.40. The van der Waals surface area contributed by atoms with Crippen LogP contribution in [0.2, 0.25) is 0 Å². The van der Waals surface area contributed by atoms with Gasteiger partial charge in [-0.2, -0.15) is 0 Å². The maximum absolute atomic E-state index is 13.1. The molecule has 0 saturated carbocycles. The van der Waals surface area contributed by atoms with Crippen molar-refractivity contribution in [1.82, 2.24) is 5.32 Å². The normalized spacial score (nSPS) is 13.7. The van der Waals surface area contributed by atoms with Crippen molar-refractivity contribution in [3.8, 4) is 0 Å². The number of carbonyl (C=O) groups is 2. The van der Waals surface area contributed by atoms with Crippen LogP contribution in [0, 0.1) is 0 Å². The lowest BCUT2D eigenvalue weighted by molar-refractivity contribution is -0.151. The molecule has 0 aromatic carbocycles. The molecule has 0 rings (SSSR count). The van der Waals surface area contributed by atoms with E-state index < -0.39 is 18.2 Å². The fourth-order valence-electron chi connectivity index (χ4n) is 7.18. The molecule has 0 bridgehead atoms. The molecule has 6 nitrogen and oxygen atoms in total. The Bertz CT molecular complexity index is 988. The van der Waals surface area contributed by atoms with Gasteiger partial charge in [-0.05, 0) is 70.6 Å². The maximum atomic E-state index is 13.1. The summed E-state index contributed by atoms with van der Waals surface area (Å²) in [6.07, 6.45) is 53.1. The van der Waals surface area contributed by atoms with Gasteiger partial charge >= 0.3 is 5.97 Å². The van der Waals surface area contributed by atoms with E-state index in [0.29, 0.717) is 19.3 Å². The summed E-state index contributed by atoms with van der Waals surface area (Å²) in [6, 6.07) is -0.708. The highest BCUT2D eigenvalue weighted by Gasteiger charge is 2.24. The van der Waals surface area contributed by atoms with Crippen molar-refractivity contribution in [1.29, 1.82) is 0 Å². The summed E-state index contributed by atoms with van der Waals surface area (Å²) in [5, 5.41) is 23.6. The zero-order valence-corrected chi connectivity index (χ0v) is 37.7. The van der Waals surface area contributed by atoms with Gasteiger partial charge < -0.3 is 20.3 Å². The number of rotatable bonds is 43. The first-order valence-corrected chi connectivity index (χ1v) is 24.4. The Morgan fingerprint density at radius 3 is 1.46 bits per heavy atom. The molecule has 6 heteroatoms. The van der Waals surface area contributed by atoms with Gasteiger partial charge in [-0.1, -0.05) is 204 Å². The van der Waals surface area contributed by atoms with Gasteiger partial charge in [0.05, 0.1) is 25.2 Å². The summed E-state index contributed by atoms with van der Waals surface area (Å²) in [4.78, 5) is 26.0. The largest absolute Gasteiger partial charge is 0.462 e. The van der Waals surface area contributed by atoms with Crippen molar-refractivity contribution in [2.24, 2.45) is 0 Å². The molecule has 0 aliphatic carbocycles. The topological polar surface area (TPSA) is 95.9 Å². The maximum Gasteiger partial charge on any atom is 0.306 e. The van der Waals surface area contributed by atoms with Gasteiger partial charge in [0.15, 0.2) is 0 Å². The fourth-order valence-corrected chi connectivity index (χ4v) is 7.18. The molecule has 0 radical (unpaired) electrons. The third-order valence-electron chi connectivity index (χ3n) is 10.9. The number of esters is 1. The lowest BCUT2D eigenvalue weighted by Gasteiger charge is -2.24. The van der Waals surface area contributed by atoms with E-state index in [2.05, 4.69) is 74.7 Å². The number of aliphatic hydroxyl groups excluding tert-OH is 2. The molecule has 332 valence electrons. The molecular formula is C51H93NO5. The first kappa shape index (κ1) is 54.8. The van der Waals surface area contributed by atoms with Crippen LogP contribution in [-0.2, 0) is 14.3 Å². The smallest absolute Gasteiger partial charge is 0.306 e. The molecule has 3 N–H and O–H groups in total. The highest BCUT2D eigenvalue weighted by atomic mass is 16.5. The molecular weight excluding hydrogens is 707 g/mol. The summed E-state index contributed by atoms with van der Waals surface area (Å²) >= 11 is 0. The highest BCUT2D eigenvalue weighted by molar-refractivity contribution is 5.77. The van der Waals surface area contributed by atoms with E-state index in [0.717, 1.165) is 89.9 Å². The van der Waals surface area contributed by atoms with Crippen molar-refractivity contribution in [2.45, 2.75) is 257 Å². The molecule has 0 aromatic heterocycles. The van der Waals surface area contributed by atoms with Gasteiger partial charge in [0.1, 0.15) is 6.10 Å². The van der Waals surface area contributed by atoms with E-state index in [1.807, 2.05) is 0 Å². The van der Waals surface area contributed by atoms with E-state index in [4.69, 9.17) is 4.74 Å². The fraction of sp³-hybridized carbons (Fsp3) is 0.804. The van der Waals surface area contributed by atoms with Crippen LogP contribution in [-0.4, -0.2) is 46.9 Å². The Hall–Kier alpha value is -2.18. The van der Waals surface area contributed by atoms with Crippen molar-refractivity contribution < 1.29 is 24.5 Å². The minimum atomic E-state index is -0.793. The monoisotopic (exact) mass is 800 g/mol. The molecule has 0 fully saturated rings. The number of amides is 1. The van der Waals surface area contributed by atoms with Crippen LogP contribution in [0.1, 0.15) is 239 Å². The number of hydrogen-bond acceptors (Lipinski definition) is 5. The zero-order chi connectivity index (χ0) is 41.7. The number of unbranched alkanes of at least 4 members (excludes halogenated alkanes) is 25. The second-order valence-electron chi connectivity index (χ2n) is 16.6. The zero-order valence-electron chi connectivity index (χ0n) is 37.7. The van der Waals surface area contributed by atoms with Crippen LogP contribution < -0.4 is 5.32 Å². The molecule has 0 saturated heterocycles. The average Bonchev–Trinajstić information content (AvgIpc) is 3.20. The number of hydrogen-bond donors (Lipinski definition) is 3. The summed E-state index contributed by atoms with van der Waals surface area (Å²) in [5.74, 6) is -0.514. The first-order chi connectivity index (χ1) is 28.0. The lowest BCUT2D eigenvalue weighted by Crippen LogP contribution is -2.46. The molecule has 0 aromatic rings. The Morgan fingerprint density at radius 1 is 0.509 bits per heavy atom. The van der Waals surface area contributed by atoms with Crippen LogP contribution in [0.25, 0.3) is 0 Å². The number of nitrogens with one attached hydrogen (secondary N) is 1. The van der Waals surface area contributed by atoms with Crippen LogP contribution >= 0.6 is 0 Å². The quantitative estimate of drug-likeness (QED) is 0.0247. The van der Waals surface area contributed by atoms with E-state index in [9.17, 15) is 19.8 Å². The lowest BCUT2D eigenvalue weighted by atomic mass is 10.0. The minimum Gasteiger partial charge on any atom is -0.462 e. The second kappa shape index (κ2) is 44.9. The number of carbonyl (C=O) groups excluding carboxylic acids is 2. The Balaban J connectivity index is 4.53. The molecule has 0 aliphatic heterocycles. The van der Waals surface area contributed by atoms with Crippen molar-refractivity contribution >= 4 is 11.9 Å². The van der Waals surface area contributed by atoms with Crippen LogP contribution in [0.3, 0.4) is 0 Å². The van der Waals surface area contributed by atoms with E-state index >= 15 is 0 Å². The first-order valence-electron chi connectivity index (χ1n) is 24.4. The van der Waals surface area contributed by atoms with E-state index in [-0.39, 0.29) is 24.9 Å². The van der Waals surface area contributed by atoms with Gasteiger partial charge in [-0.3, -0.25) is 9.59 Å². The molecule has 0 heterocycles. The third-order valence-corrected chi connectivity index (χ3v) is 10.9. The standard InChI is InChI=1S/C51H93NO5/c1-4-7-10-13-16-19-21-22-23-24-25-26-27-29-32-35-38-41-44-51(56)57-47(42-39-36-33-30-18-15-12-9-6-3)45-50(55)52-48(46-53)49(54)43-40-37-34-31-28-20-17-14-11-8-5-2/h15,18,21-26,47-49,53-54H,4-14,16-17,19-20,27-46H2,1-3H3,(H,52,55)/b18-15-,22-21+,24-23+,26-25+. The Kier molecular flexibility index (Phi) is 43.2. The number of allylic oxidation sites excluding steroid dienone is 8. The molecule has 3 atom stereocenters. The van der Waals surface area contributed by atoms with Crippen LogP contribution in [0.4, 0.5) is 0 Å². The average molecular weight is 800 g/mol. The molecule has 57 heavy (non-hydrogen) atoms. The summed E-state index contributed by atoms with van der Waals surface area (Å²) < 4.78 is 5.89. The Morgan fingerprint density at radius 2 is 0.930 bits per heavy atom. The second-order valence-corrected chi connectivity index (χ2v) is 16.6. The van der Waals surface area contributed by atoms with E-state index in [1.165, 1.54) is 103 Å². The summed E-state index contributed by atoms with van der Waals surface area (Å²) in [5.41, 5.74) is 0. The van der Waals surface area contributed by atoms with Crippen molar-refractivity contribution in [3.05, 3.63) is 48.6 Å².